The first kappa shape index (κ1) is 17.0. The summed E-state index contributed by atoms with van der Waals surface area (Å²) in [5.74, 6) is 1.86. The highest BCUT2D eigenvalue weighted by Gasteiger charge is 2.24. The van der Waals surface area contributed by atoms with Crippen LogP contribution in [-0.4, -0.2) is 37.5 Å². The SMILES string of the molecule is CN=C(NCc1cccs1)NCC(c1ccco1)N1CCCCC1. The topological polar surface area (TPSA) is 52.8 Å². The lowest BCUT2D eigenvalue weighted by molar-refractivity contribution is 0.146. The van der Waals surface area contributed by atoms with Crippen LogP contribution in [0.15, 0.2) is 45.3 Å². The Balaban J connectivity index is 1.57. The molecule has 24 heavy (non-hydrogen) atoms. The number of piperidine rings is 1. The van der Waals surface area contributed by atoms with Crippen LogP contribution in [-0.2, 0) is 6.54 Å². The molecule has 0 aromatic carbocycles. The second kappa shape index (κ2) is 8.89. The van der Waals surface area contributed by atoms with Crippen LogP contribution in [0.4, 0.5) is 0 Å². The van der Waals surface area contributed by atoms with E-state index in [1.807, 2.05) is 13.1 Å². The van der Waals surface area contributed by atoms with E-state index in [1.54, 1.807) is 17.6 Å². The van der Waals surface area contributed by atoms with Crippen molar-refractivity contribution in [2.75, 3.05) is 26.7 Å². The molecular formula is C18H26N4OS. The number of thiophene rings is 1. The maximum absolute atomic E-state index is 5.69. The number of hydrogen-bond donors (Lipinski definition) is 2. The average molecular weight is 347 g/mol. The quantitative estimate of drug-likeness (QED) is 0.623. The van der Waals surface area contributed by atoms with Gasteiger partial charge in [-0.25, -0.2) is 0 Å². The van der Waals surface area contributed by atoms with Gasteiger partial charge < -0.3 is 15.1 Å². The summed E-state index contributed by atoms with van der Waals surface area (Å²) in [4.78, 5) is 8.15. The Morgan fingerprint density at radius 3 is 2.79 bits per heavy atom. The molecule has 5 nitrogen and oxygen atoms in total. The summed E-state index contributed by atoms with van der Waals surface area (Å²) < 4.78 is 5.69. The van der Waals surface area contributed by atoms with Gasteiger partial charge in [0.2, 0.25) is 0 Å². The molecule has 0 aliphatic carbocycles. The molecule has 0 spiro atoms. The predicted octanol–water partition coefficient (Wildman–Crippen LogP) is 3.23. The zero-order valence-electron chi connectivity index (χ0n) is 14.2. The molecule has 0 amide bonds. The Labute approximate surface area is 147 Å². The van der Waals surface area contributed by atoms with Crippen LogP contribution >= 0.6 is 11.3 Å². The minimum atomic E-state index is 0.251. The fourth-order valence-corrected chi connectivity index (χ4v) is 3.76. The van der Waals surface area contributed by atoms with Crippen molar-refractivity contribution in [3.05, 3.63) is 46.5 Å². The monoisotopic (exact) mass is 346 g/mol. The Morgan fingerprint density at radius 1 is 1.25 bits per heavy atom. The summed E-state index contributed by atoms with van der Waals surface area (Å²) in [6.45, 7) is 3.85. The summed E-state index contributed by atoms with van der Waals surface area (Å²) in [6, 6.07) is 8.49. The molecule has 3 rings (SSSR count). The molecule has 0 saturated carbocycles. The van der Waals surface area contributed by atoms with E-state index in [0.717, 1.165) is 37.9 Å². The Morgan fingerprint density at radius 2 is 2.12 bits per heavy atom. The Kier molecular flexibility index (Phi) is 6.32. The number of furan rings is 1. The van der Waals surface area contributed by atoms with E-state index in [0.29, 0.717) is 0 Å². The van der Waals surface area contributed by atoms with Gasteiger partial charge in [-0.2, -0.15) is 0 Å². The van der Waals surface area contributed by atoms with Gasteiger partial charge in [0.1, 0.15) is 5.76 Å². The lowest BCUT2D eigenvalue weighted by Crippen LogP contribution is -2.44. The minimum absolute atomic E-state index is 0.251. The van der Waals surface area contributed by atoms with Gasteiger partial charge in [0.25, 0.3) is 0 Å². The molecular weight excluding hydrogens is 320 g/mol. The summed E-state index contributed by atoms with van der Waals surface area (Å²) in [6.07, 6.45) is 5.63. The lowest BCUT2D eigenvalue weighted by atomic mass is 10.1. The van der Waals surface area contributed by atoms with E-state index < -0.39 is 0 Å². The van der Waals surface area contributed by atoms with Crippen LogP contribution in [0.5, 0.6) is 0 Å². The fourth-order valence-electron chi connectivity index (χ4n) is 3.12. The maximum Gasteiger partial charge on any atom is 0.191 e. The first-order chi connectivity index (χ1) is 11.9. The number of likely N-dealkylation sites (tertiary alicyclic amines) is 1. The highest BCUT2D eigenvalue weighted by Crippen LogP contribution is 2.24. The molecule has 1 aliphatic heterocycles. The third-order valence-electron chi connectivity index (χ3n) is 4.40. The van der Waals surface area contributed by atoms with Crippen LogP contribution in [0.25, 0.3) is 0 Å². The number of nitrogens with zero attached hydrogens (tertiary/aromatic N) is 2. The van der Waals surface area contributed by atoms with Gasteiger partial charge in [0.05, 0.1) is 18.8 Å². The van der Waals surface area contributed by atoms with E-state index in [9.17, 15) is 0 Å². The van der Waals surface area contributed by atoms with Crippen molar-refractivity contribution in [2.45, 2.75) is 31.8 Å². The van der Waals surface area contributed by atoms with Crippen LogP contribution < -0.4 is 10.6 Å². The van der Waals surface area contributed by atoms with Crippen molar-refractivity contribution in [1.29, 1.82) is 0 Å². The molecule has 2 aromatic heterocycles. The first-order valence-electron chi connectivity index (χ1n) is 8.61. The molecule has 1 fully saturated rings. The standard InChI is InChI=1S/C18H26N4OS/c1-19-18(20-13-15-7-6-12-24-15)21-14-16(17-8-5-11-23-17)22-9-3-2-4-10-22/h5-8,11-12,16H,2-4,9-10,13-14H2,1H3,(H2,19,20,21). The van der Waals surface area contributed by atoms with Gasteiger partial charge in [-0.15, -0.1) is 11.3 Å². The fraction of sp³-hybridized carbons (Fsp3) is 0.500. The van der Waals surface area contributed by atoms with Crippen molar-refractivity contribution >= 4 is 17.3 Å². The zero-order valence-corrected chi connectivity index (χ0v) is 15.0. The van der Waals surface area contributed by atoms with Gasteiger partial charge in [0.15, 0.2) is 5.96 Å². The van der Waals surface area contributed by atoms with Crippen molar-refractivity contribution in [2.24, 2.45) is 4.99 Å². The summed E-state index contributed by atoms with van der Waals surface area (Å²) in [5, 5.41) is 8.93. The van der Waals surface area contributed by atoms with Crippen molar-refractivity contribution in [3.63, 3.8) is 0 Å². The van der Waals surface area contributed by atoms with E-state index >= 15 is 0 Å². The van der Waals surface area contributed by atoms with Crippen molar-refractivity contribution in [3.8, 4) is 0 Å². The van der Waals surface area contributed by atoms with E-state index in [1.165, 1.54) is 24.1 Å². The summed E-state index contributed by atoms with van der Waals surface area (Å²) >= 11 is 1.75. The smallest absolute Gasteiger partial charge is 0.191 e. The average Bonchev–Trinajstić information content (AvgIpc) is 3.32. The molecule has 130 valence electrons. The van der Waals surface area contributed by atoms with Crippen LogP contribution in [0.3, 0.4) is 0 Å². The zero-order chi connectivity index (χ0) is 16.6. The second-order valence-electron chi connectivity index (χ2n) is 6.01. The molecule has 1 unspecified atom stereocenters. The maximum atomic E-state index is 5.69. The second-order valence-corrected chi connectivity index (χ2v) is 7.05. The van der Waals surface area contributed by atoms with Crippen LogP contribution in [0, 0.1) is 0 Å². The lowest BCUT2D eigenvalue weighted by Gasteiger charge is -2.33. The third kappa shape index (κ3) is 4.61. The number of rotatable bonds is 6. The molecule has 1 saturated heterocycles. The summed E-state index contributed by atoms with van der Waals surface area (Å²) in [7, 11) is 1.81. The van der Waals surface area contributed by atoms with E-state index in [4.69, 9.17) is 4.42 Å². The van der Waals surface area contributed by atoms with Gasteiger partial charge in [-0.3, -0.25) is 9.89 Å². The minimum Gasteiger partial charge on any atom is -0.468 e. The van der Waals surface area contributed by atoms with Gasteiger partial charge in [-0.1, -0.05) is 12.5 Å². The Bertz CT molecular complexity index is 603. The number of aliphatic imine (C=N–C) groups is 1. The predicted molar refractivity (Wildman–Crippen MR) is 99.4 cm³/mol. The van der Waals surface area contributed by atoms with Gasteiger partial charge in [-0.05, 0) is 49.5 Å². The van der Waals surface area contributed by atoms with Gasteiger partial charge in [0, 0.05) is 18.5 Å². The highest BCUT2D eigenvalue weighted by atomic mass is 32.1. The molecule has 0 bridgehead atoms. The highest BCUT2D eigenvalue weighted by molar-refractivity contribution is 7.09. The van der Waals surface area contributed by atoms with Gasteiger partial charge >= 0.3 is 0 Å². The van der Waals surface area contributed by atoms with E-state index in [-0.39, 0.29) is 6.04 Å². The van der Waals surface area contributed by atoms with Crippen LogP contribution in [0.1, 0.15) is 35.9 Å². The van der Waals surface area contributed by atoms with Crippen molar-refractivity contribution < 1.29 is 4.42 Å². The number of hydrogen-bond acceptors (Lipinski definition) is 4. The first-order valence-corrected chi connectivity index (χ1v) is 9.49. The Hall–Kier alpha value is -1.79. The molecule has 0 radical (unpaired) electrons. The van der Waals surface area contributed by atoms with Crippen LogP contribution in [0.2, 0.25) is 0 Å². The molecule has 2 aromatic rings. The number of nitrogens with one attached hydrogen (secondary N) is 2. The summed E-state index contributed by atoms with van der Waals surface area (Å²) in [5.41, 5.74) is 0. The number of guanidine groups is 1. The third-order valence-corrected chi connectivity index (χ3v) is 5.28. The largest absolute Gasteiger partial charge is 0.468 e. The molecule has 3 heterocycles. The molecule has 1 aliphatic rings. The van der Waals surface area contributed by atoms with Crippen molar-refractivity contribution in [1.82, 2.24) is 15.5 Å². The molecule has 1 atom stereocenters. The molecule has 2 N–H and O–H groups in total. The van der Waals surface area contributed by atoms with E-state index in [2.05, 4.69) is 44.1 Å². The molecule has 6 heteroatoms. The normalized spacial score (nSPS) is 17.6.